The molecule has 1 fully saturated rings. The van der Waals surface area contributed by atoms with Gasteiger partial charge in [-0.1, -0.05) is 30.0 Å². The van der Waals surface area contributed by atoms with Crippen LogP contribution in [0, 0.1) is 13.8 Å². The van der Waals surface area contributed by atoms with Crippen LogP contribution in [0.15, 0.2) is 10.4 Å². The molecule has 0 saturated heterocycles. The summed E-state index contributed by atoms with van der Waals surface area (Å²) in [5.74, 6) is 0.514. The Morgan fingerprint density at radius 3 is 2.62 bits per heavy atom. The van der Waals surface area contributed by atoms with E-state index in [1.54, 1.807) is 4.90 Å². The average molecular weight is 393 g/mol. The molecule has 2 aromatic rings. The summed E-state index contributed by atoms with van der Waals surface area (Å²) in [6, 6.07) is 2.23. The van der Waals surface area contributed by atoms with Gasteiger partial charge < -0.3 is 4.57 Å². The number of carbonyl (C=O) groups is 2. The zero-order valence-corrected chi connectivity index (χ0v) is 17.2. The Balaban J connectivity index is 1.66. The van der Waals surface area contributed by atoms with E-state index in [-0.39, 0.29) is 17.7 Å². The van der Waals surface area contributed by atoms with Crippen LogP contribution >= 0.6 is 23.1 Å². The predicted molar refractivity (Wildman–Crippen MR) is 105 cm³/mol. The highest BCUT2D eigenvalue weighted by atomic mass is 32.2. The molecule has 0 unspecified atom stereocenters. The van der Waals surface area contributed by atoms with Crippen LogP contribution in [-0.4, -0.2) is 38.2 Å². The SMILES string of the molecule is CCC(=O)N(c1nnc(SCC(=O)c2cc(C)n(CC)c2C)s1)C1CC1. The zero-order valence-electron chi connectivity index (χ0n) is 15.6. The van der Waals surface area contributed by atoms with Crippen LogP contribution < -0.4 is 4.90 Å². The standard InChI is InChI=1S/C18H24N4O2S2/c1-5-16(24)22(13-7-8-13)17-19-20-18(26-17)25-10-15(23)14-9-11(3)21(6-2)12(14)4/h9,13H,5-8,10H2,1-4H3. The molecular weight excluding hydrogens is 368 g/mol. The fraction of sp³-hybridized carbons (Fsp3) is 0.556. The molecule has 26 heavy (non-hydrogen) atoms. The number of nitrogens with zero attached hydrogens (tertiary/aromatic N) is 4. The molecule has 3 rings (SSSR count). The van der Waals surface area contributed by atoms with Crippen molar-refractivity contribution in [3.05, 3.63) is 23.0 Å². The Kier molecular flexibility index (Phi) is 5.82. The van der Waals surface area contributed by atoms with E-state index in [9.17, 15) is 9.59 Å². The van der Waals surface area contributed by atoms with Crippen LogP contribution in [0.1, 0.15) is 54.9 Å². The van der Waals surface area contributed by atoms with Crippen LogP contribution in [0.3, 0.4) is 0 Å². The lowest BCUT2D eigenvalue weighted by atomic mass is 10.2. The van der Waals surface area contributed by atoms with Gasteiger partial charge in [0.2, 0.25) is 11.0 Å². The minimum absolute atomic E-state index is 0.0864. The van der Waals surface area contributed by atoms with Gasteiger partial charge in [-0.2, -0.15) is 0 Å². The van der Waals surface area contributed by atoms with Crippen molar-refractivity contribution in [2.75, 3.05) is 10.7 Å². The lowest BCUT2D eigenvalue weighted by molar-refractivity contribution is -0.118. The molecular formula is C18H24N4O2S2. The van der Waals surface area contributed by atoms with E-state index in [2.05, 4.69) is 21.7 Å². The number of rotatable bonds is 8. The van der Waals surface area contributed by atoms with Gasteiger partial charge in [-0.25, -0.2) is 0 Å². The topological polar surface area (TPSA) is 68.1 Å². The number of hydrogen-bond acceptors (Lipinski definition) is 6. The predicted octanol–water partition coefficient (Wildman–Crippen LogP) is 3.86. The van der Waals surface area contributed by atoms with Crippen molar-refractivity contribution in [2.45, 2.75) is 63.9 Å². The van der Waals surface area contributed by atoms with Gasteiger partial charge >= 0.3 is 0 Å². The van der Waals surface area contributed by atoms with Gasteiger partial charge in [0.15, 0.2) is 10.1 Å². The molecule has 8 heteroatoms. The minimum atomic E-state index is 0.0864. The number of aromatic nitrogens is 3. The summed E-state index contributed by atoms with van der Waals surface area (Å²) in [6.45, 7) is 8.81. The molecule has 0 atom stereocenters. The largest absolute Gasteiger partial charge is 0.349 e. The number of carbonyl (C=O) groups excluding carboxylic acids is 2. The first kappa shape index (κ1) is 19.1. The second-order valence-corrected chi connectivity index (χ2v) is 8.62. The molecule has 0 bridgehead atoms. The number of thioether (sulfide) groups is 1. The first-order valence-electron chi connectivity index (χ1n) is 8.94. The van der Waals surface area contributed by atoms with E-state index >= 15 is 0 Å². The third kappa shape index (κ3) is 3.86. The molecule has 0 aromatic carbocycles. The molecule has 0 spiro atoms. The lowest BCUT2D eigenvalue weighted by Gasteiger charge is -2.17. The maximum absolute atomic E-state index is 12.6. The fourth-order valence-corrected chi connectivity index (χ4v) is 4.92. The molecule has 2 aromatic heterocycles. The molecule has 1 amide bonds. The third-order valence-electron chi connectivity index (χ3n) is 4.60. The molecule has 2 heterocycles. The number of hydrogen-bond donors (Lipinski definition) is 0. The van der Waals surface area contributed by atoms with Crippen LogP contribution in [0.5, 0.6) is 0 Å². The molecule has 1 aliphatic carbocycles. The van der Waals surface area contributed by atoms with E-state index < -0.39 is 0 Å². The van der Waals surface area contributed by atoms with Gasteiger partial charge in [0.25, 0.3) is 0 Å². The number of anilines is 1. The number of Topliss-reactive ketones (excluding diaryl/α,β-unsaturated/α-hetero) is 1. The molecule has 1 saturated carbocycles. The summed E-state index contributed by atoms with van der Waals surface area (Å²) < 4.78 is 2.87. The van der Waals surface area contributed by atoms with Crippen LogP contribution in [0.2, 0.25) is 0 Å². The van der Waals surface area contributed by atoms with Crippen molar-refractivity contribution in [3.63, 3.8) is 0 Å². The maximum atomic E-state index is 12.6. The second kappa shape index (κ2) is 7.92. The number of amides is 1. The Hall–Kier alpha value is -1.67. The highest BCUT2D eigenvalue weighted by molar-refractivity contribution is 8.01. The summed E-state index contributed by atoms with van der Waals surface area (Å²) in [5, 5.41) is 9.01. The van der Waals surface area contributed by atoms with Crippen LogP contribution in [0.25, 0.3) is 0 Å². The Labute approximate surface area is 162 Å². The lowest BCUT2D eigenvalue weighted by Crippen LogP contribution is -2.32. The van der Waals surface area contributed by atoms with Crippen LogP contribution in [-0.2, 0) is 11.3 Å². The average Bonchev–Trinajstić information content (AvgIpc) is 3.27. The van der Waals surface area contributed by atoms with E-state index in [4.69, 9.17) is 0 Å². The fourth-order valence-electron chi connectivity index (χ4n) is 3.10. The monoisotopic (exact) mass is 392 g/mol. The van der Waals surface area contributed by atoms with Crippen molar-refractivity contribution in [1.82, 2.24) is 14.8 Å². The van der Waals surface area contributed by atoms with Gasteiger partial charge in [-0.15, -0.1) is 10.2 Å². The Morgan fingerprint density at radius 1 is 1.31 bits per heavy atom. The Bertz CT molecular complexity index is 823. The van der Waals surface area contributed by atoms with Crippen molar-refractivity contribution in [1.29, 1.82) is 0 Å². The quantitative estimate of drug-likeness (QED) is 0.388. The number of aryl methyl sites for hydroxylation is 1. The van der Waals surface area contributed by atoms with E-state index in [0.717, 1.165) is 40.7 Å². The van der Waals surface area contributed by atoms with Crippen molar-refractivity contribution < 1.29 is 9.59 Å². The normalized spacial score (nSPS) is 13.8. The van der Waals surface area contributed by atoms with Gasteiger partial charge in [0, 0.05) is 36.0 Å². The molecule has 140 valence electrons. The van der Waals surface area contributed by atoms with Gasteiger partial charge in [-0.3, -0.25) is 14.5 Å². The zero-order chi connectivity index (χ0) is 18.8. The highest BCUT2D eigenvalue weighted by Crippen LogP contribution is 2.36. The molecule has 6 nitrogen and oxygen atoms in total. The Morgan fingerprint density at radius 2 is 2.04 bits per heavy atom. The highest BCUT2D eigenvalue weighted by Gasteiger charge is 2.35. The van der Waals surface area contributed by atoms with Crippen molar-refractivity contribution in [2.24, 2.45) is 0 Å². The van der Waals surface area contributed by atoms with Crippen molar-refractivity contribution >= 4 is 39.9 Å². The first-order chi connectivity index (χ1) is 12.5. The van der Waals surface area contributed by atoms with Gasteiger partial charge in [0.05, 0.1) is 5.75 Å². The van der Waals surface area contributed by atoms with E-state index in [1.165, 1.54) is 23.1 Å². The van der Waals surface area contributed by atoms with Gasteiger partial charge in [-0.05, 0) is 39.7 Å². The summed E-state index contributed by atoms with van der Waals surface area (Å²) in [5.41, 5.74) is 2.90. The summed E-state index contributed by atoms with van der Waals surface area (Å²) in [7, 11) is 0. The third-order valence-corrected chi connectivity index (χ3v) is 6.66. The smallest absolute Gasteiger partial charge is 0.228 e. The first-order valence-corrected chi connectivity index (χ1v) is 10.7. The summed E-state index contributed by atoms with van der Waals surface area (Å²) >= 11 is 2.79. The van der Waals surface area contributed by atoms with Gasteiger partial charge in [0.1, 0.15) is 0 Å². The molecule has 0 N–H and O–H groups in total. The van der Waals surface area contributed by atoms with Crippen molar-refractivity contribution in [3.8, 4) is 0 Å². The van der Waals surface area contributed by atoms with E-state index in [0.29, 0.717) is 17.3 Å². The molecule has 0 aliphatic heterocycles. The maximum Gasteiger partial charge on any atom is 0.228 e. The minimum Gasteiger partial charge on any atom is -0.349 e. The van der Waals surface area contributed by atoms with E-state index in [1.807, 2.05) is 26.8 Å². The summed E-state index contributed by atoms with van der Waals surface area (Å²) in [4.78, 5) is 26.5. The number of ketones is 1. The second-order valence-electron chi connectivity index (χ2n) is 6.44. The summed E-state index contributed by atoms with van der Waals surface area (Å²) in [6.07, 6.45) is 2.52. The molecule has 1 aliphatic rings. The molecule has 0 radical (unpaired) electrons. The van der Waals surface area contributed by atoms with Crippen LogP contribution in [0.4, 0.5) is 5.13 Å².